The molecule has 8 heteroatoms. The number of ketones is 1. The van der Waals surface area contributed by atoms with Gasteiger partial charge in [-0.1, -0.05) is 18.2 Å². The maximum absolute atomic E-state index is 12.5. The van der Waals surface area contributed by atoms with Crippen molar-refractivity contribution < 1.29 is 23.1 Å². The Labute approximate surface area is 172 Å². The van der Waals surface area contributed by atoms with Crippen molar-refractivity contribution >= 4 is 22.7 Å². The average Bonchev–Trinajstić information content (AvgIpc) is 3.15. The topological polar surface area (TPSA) is 73.2 Å². The predicted molar refractivity (Wildman–Crippen MR) is 109 cm³/mol. The Morgan fingerprint density at radius 1 is 1.13 bits per heavy atom. The smallest absolute Gasteiger partial charge is 0.240 e. The van der Waals surface area contributed by atoms with Gasteiger partial charge in [0.2, 0.25) is 5.91 Å². The molecule has 2 aromatic carbocycles. The largest absolute Gasteiger partial charge is 0.485 e. The van der Waals surface area contributed by atoms with E-state index in [4.69, 9.17) is 4.74 Å². The van der Waals surface area contributed by atoms with Crippen molar-refractivity contribution in [3.05, 3.63) is 59.9 Å². The highest BCUT2D eigenvalue weighted by Gasteiger charge is 2.13. The lowest BCUT2D eigenvalue weighted by Gasteiger charge is -2.13. The van der Waals surface area contributed by atoms with E-state index in [0.29, 0.717) is 35.3 Å². The number of rotatable bonds is 10. The quantitative estimate of drug-likeness (QED) is 0.516. The Hall–Kier alpha value is -3.29. The molecular weight excluding hydrogens is 392 g/mol. The molecule has 0 fully saturated rings. The van der Waals surface area contributed by atoms with E-state index < -0.39 is 19.5 Å². The summed E-state index contributed by atoms with van der Waals surface area (Å²) < 4.78 is 31.9. The third-order valence-electron chi connectivity index (χ3n) is 4.64. The van der Waals surface area contributed by atoms with E-state index in [1.54, 1.807) is 53.4 Å². The predicted octanol–water partition coefficient (Wildman–Crippen LogP) is 3.28. The number of para-hydroxylation sites is 1. The van der Waals surface area contributed by atoms with Crippen LogP contribution in [0.25, 0.3) is 11.0 Å². The Bertz CT molecular complexity index is 1010. The number of imidazole rings is 1. The summed E-state index contributed by atoms with van der Waals surface area (Å²) in [5.41, 5.74) is 2.80. The molecule has 1 aromatic heterocycles. The maximum atomic E-state index is 12.5. The van der Waals surface area contributed by atoms with Crippen LogP contribution in [0.2, 0.25) is 0 Å². The summed E-state index contributed by atoms with van der Waals surface area (Å²) >= 11 is 0. The van der Waals surface area contributed by atoms with Crippen molar-refractivity contribution in [2.45, 2.75) is 26.0 Å². The molecule has 3 aromatic rings. The summed E-state index contributed by atoms with van der Waals surface area (Å²) in [4.78, 5) is 28.4. The Morgan fingerprint density at radius 2 is 1.87 bits per heavy atom. The minimum Gasteiger partial charge on any atom is -0.485 e. The zero-order valence-electron chi connectivity index (χ0n) is 16.6. The second-order valence-corrected chi connectivity index (χ2v) is 6.89. The lowest BCUT2D eigenvalue weighted by molar-refractivity contribution is -0.121. The molecule has 0 saturated heterocycles. The summed E-state index contributed by atoms with van der Waals surface area (Å²) in [7, 11) is 0. The first-order chi connectivity index (χ1) is 14.5. The number of nitrogens with zero attached hydrogens (tertiary/aromatic N) is 2. The van der Waals surface area contributed by atoms with Crippen molar-refractivity contribution in [3.8, 4) is 5.75 Å². The monoisotopic (exact) mass is 415 g/mol. The molecule has 0 spiro atoms. The fourth-order valence-electron chi connectivity index (χ4n) is 3.12. The number of fused-ring (bicyclic) bond motifs is 1. The van der Waals surface area contributed by atoms with E-state index in [1.807, 2.05) is 0 Å². The van der Waals surface area contributed by atoms with Crippen LogP contribution in [0.1, 0.15) is 22.8 Å². The minimum atomic E-state index is -1.09. The molecule has 0 unspecified atom stereocenters. The van der Waals surface area contributed by atoms with Crippen LogP contribution < -0.4 is 10.1 Å². The normalized spacial score (nSPS) is 11.1. The van der Waals surface area contributed by atoms with E-state index in [9.17, 15) is 18.4 Å². The van der Waals surface area contributed by atoms with Gasteiger partial charge in [-0.25, -0.2) is 13.8 Å². The standard InChI is InChI=1S/C22H23F2N3O3/c1-15(28)19-3-2-4-20-22(19)27(14-26-20)13-21(29)25-10-9-16-5-7-17(8-6-16)30-18(11-23)12-24/h2-8,14,18H,9-13H2,1H3,(H,25,29). The number of hydrogen-bond donors (Lipinski definition) is 1. The van der Waals surface area contributed by atoms with Crippen molar-refractivity contribution in [1.82, 2.24) is 14.9 Å². The maximum Gasteiger partial charge on any atom is 0.240 e. The van der Waals surface area contributed by atoms with Crippen LogP contribution in [0, 0.1) is 0 Å². The third-order valence-corrected chi connectivity index (χ3v) is 4.64. The highest BCUT2D eigenvalue weighted by atomic mass is 19.1. The number of halogens is 2. The molecule has 0 aliphatic carbocycles. The van der Waals surface area contributed by atoms with E-state index in [1.165, 1.54) is 6.92 Å². The second kappa shape index (κ2) is 9.96. The van der Waals surface area contributed by atoms with E-state index in [0.717, 1.165) is 5.56 Å². The number of amides is 1. The van der Waals surface area contributed by atoms with Crippen molar-refractivity contribution in [2.24, 2.45) is 0 Å². The zero-order chi connectivity index (χ0) is 21.5. The first-order valence-corrected chi connectivity index (χ1v) is 9.60. The van der Waals surface area contributed by atoms with Crippen LogP contribution in [0.3, 0.4) is 0 Å². The van der Waals surface area contributed by atoms with E-state index >= 15 is 0 Å². The molecule has 0 atom stereocenters. The summed E-state index contributed by atoms with van der Waals surface area (Å²) in [6.07, 6.45) is 1.06. The molecule has 6 nitrogen and oxygen atoms in total. The van der Waals surface area contributed by atoms with Crippen LogP contribution in [0.5, 0.6) is 5.75 Å². The first-order valence-electron chi connectivity index (χ1n) is 9.60. The molecule has 158 valence electrons. The first kappa shape index (κ1) is 21.4. The molecule has 0 radical (unpaired) electrons. The zero-order valence-corrected chi connectivity index (χ0v) is 16.6. The molecule has 0 aliphatic rings. The lowest BCUT2D eigenvalue weighted by atomic mass is 10.1. The number of ether oxygens (including phenoxy) is 1. The van der Waals surface area contributed by atoms with Gasteiger partial charge < -0.3 is 14.6 Å². The van der Waals surface area contributed by atoms with Crippen molar-refractivity contribution in [2.75, 3.05) is 19.9 Å². The van der Waals surface area contributed by atoms with Gasteiger partial charge in [-0.3, -0.25) is 9.59 Å². The van der Waals surface area contributed by atoms with Gasteiger partial charge in [-0.05, 0) is 43.2 Å². The molecule has 1 amide bonds. The number of carbonyl (C=O) groups excluding carboxylic acids is 2. The molecule has 30 heavy (non-hydrogen) atoms. The molecule has 0 saturated carbocycles. The molecule has 0 bridgehead atoms. The summed E-state index contributed by atoms with van der Waals surface area (Å²) in [5, 5.41) is 2.85. The Morgan fingerprint density at radius 3 is 2.53 bits per heavy atom. The number of hydrogen-bond acceptors (Lipinski definition) is 4. The number of aromatic nitrogens is 2. The average molecular weight is 415 g/mol. The Kier molecular flexibility index (Phi) is 7.11. The third kappa shape index (κ3) is 5.20. The number of alkyl halides is 2. The number of Topliss-reactive ketones (excluding diaryl/α,β-unsaturated/α-hetero) is 1. The van der Waals surface area contributed by atoms with E-state index in [2.05, 4.69) is 10.3 Å². The fraction of sp³-hybridized carbons (Fsp3) is 0.318. The lowest BCUT2D eigenvalue weighted by Crippen LogP contribution is -2.29. The molecule has 0 aliphatic heterocycles. The van der Waals surface area contributed by atoms with E-state index in [-0.39, 0.29) is 18.2 Å². The van der Waals surface area contributed by atoms with Gasteiger partial charge in [0.15, 0.2) is 11.9 Å². The van der Waals surface area contributed by atoms with Crippen LogP contribution in [0.4, 0.5) is 8.78 Å². The fourth-order valence-corrected chi connectivity index (χ4v) is 3.12. The van der Waals surface area contributed by atoms with Crippen LogP contribution in [-0.2, 0) is 17.8 Å². The SMILES string of the molecule is CC(=O)c1cccc2ncn(CC(=O)NCCc3ccc(OC(CF)CF)cc3)c12. The number of benzene rings is 2. The van der Waals surface area contributed by atoms with Crippen LogP contribution in [-0.4, -0.2) is 47.2 Å². The Balaban J connectivity index is 1.53. The number of nitrogens with one attached hydrogen (secondary N) is 1. The summed E-state index contributed by atoms with van der Waals surface area (Å²) in [6, 6.07) is 12.2. The highest BCUT2D eigenvalue weighted by molar-refractivity contribution is 6.05. The summed E-state index contributed by atoms with van der Waals surface area (Å²) in [5.74, 6) is 0.122. The number of carbonyl (C=O) groups is 2. The van der Waals surface area contributed by atoms with Gasteiger partial charge in [-0.15, -0.1) is 0 Å². The molecule has 1 heterocycles. The van der Waals surface area contributed by atoms with Gasteiger partial charge in [0, 0.05) is 12.1 Å². The minimum absolute atomic E-state index is 0.0570. The molecule has 1 N–H and O–H groups in total. The van der Waals surface area contributed by atoms with Crippen LogP contribution in [0.15, 0.2) is 48.8 Å². The van der Waals surface area contributed by atoms with Gasteiger partial charge in [0.1, 0.15) is 25.6 Å². The van der Waals surface area contributed by atoms with Gasteiger partial charge in [-0.2, -0.15) is 0 Å². The van der Waals surface area contributed by atoms with Crippen molar-refractivity contribution in [3.63, 3.8) is 0 Å². The second-order valence-electron chi connectivity index (χ2n) is 6.89. The van der Waals surface area contributed by atoms with Gasteiger partial charge in [0.25, 0.3) is 0 Å². The van der Waals surface area contributed by atoms with Gasteiger partial charge in [0.05, 0.1) is 17.4 Å². The molecular formula is C22H23F2N3O3. The highest BCUT2D eigenvalue weighted by Crippen LogP contribution is 2.18. The van der Waals surface area contributed by atoms with Crippen LogP contribution >= 0.6 is 0 Å². The van der Waals surface area contributed by atoms with Crippen molar-refractivity contribution in [1.29, 1.82) is 0 Å². The summed E-state index contributed by atoms with van der Waals surface area (Å²) in [6.45, 7) is 0.191. The van der Waals surface area contributed by atoms with Gasteiger partial charge >= 0.3 is 0 Å². The molecule has 3 rings (SSSR count).